The Morgan fingerprint density at radius 3 is 2.84 bits per heavy atom. The molecule has 1 rings (SSSR count). The van der Waals surface area contributed by atoms with Crippen LogP contribution in [0.3, 0.4) is 0 Å². The molecule has 0 aliphatic rings. The molecule has 0 bridgehead atoms. The summed E-state index contributed by atoms with van der Waals surface area (Å²) in [4.78, 5) is 12.0. The minimum atomic E-state index is -1.11. The van der Waals surface area contributed by atoms with E-state index in [4.69, 9.17) is 5.73 Å². The van der Waals surface area contributed by atoms with Crippen molar-refractivity contribution in [3.8, 4) is 0 Å². The van der Waals surface area contributed by atoms with Crippen molar-refractivity contribution in [1.29, 1.82) is 0 Å². The molecule has 2 atom stereocenters. The lowest BCUT2D eigenvalue weighted by molar-refractivity contribution is -0.115. The van der Waals surface area contributed by atoms with E-state index in [1.54, 1.807) is 13.0 Å². The van der Waals surface area contributed by atoms with Gasteiger partial charge in [-0.3, -0.25) is 9.00 Å². The summed E-state index contributed by atoms with van der Waals surface area (Å²) in [5.74, 6) is 0.372. The zero-order valence-electron chi connectivity index (χ0n) is 11.5. The van der Waals surface area contributed by atoms with Crippen LogP contribution in [-0.2, 0) is 22.1 Å². The summed E-state index contributed by atoms with van der Waals surface area (Å²) in [7, 11) is -1.11. The van der Waals surface area contributed by atoms with Crippen LogP contribution in [0.25, 0.3) is 0 Å². The second-order valence-electron chi connectivity index (χ2n) is 4.47. The highest BCUT2D eigenvalue weighted by atomic mass is 32.2. The van der Waals surface area contributed by atoms with Crippen molar-refractivity contribution in [3.05, 3.63) is 29.8 Å². The maximum absolute atomic E-state index is 12.0. The van der Waals surface area contributed by atoms with Gasteiger partial charge >= 0.3 is 0 Å². The molecule has 106 valence electrons. The molecule has 2 unspecified atom stereocenters. The molecule has 1 amide bonds. The molecule has 19 heavy (non-hydrogen) atoms. The average Bonchev–Trinajstić information content (AvgIpc) is 2.43. The first kappa shape index (κ1) is 15.9. The van der Waals surface area contributed by atoms with Gasteiger partial charge in [0.05, 0.1) is 0 Å². The van der Waals surface area contributed by atoms with E-state index < -0.39 is 16.0 Å². The highest BCUT2D eigenvalue weighted by molar-refractivity contribution is 7.86. The third-order valence-electron chi connectivity index (χ3n) is 2.89. The average molecular weight is 282 g/mol. The molecular formula is C14H22N2O2S. The van der Waals surface area contributed by atoms with Crippen LogP contribution in [0.4, 0.5) is 5.69 Å². The molecule has 1 aromatic rings. The van der Waals surface area contributed by atoms with E-state index >= 15 is 0 Å². The third-order valence-corrected chi connectivity index (χ3v) is 4.59. The maximum atomic E-state index is 12.0. The van der Waals surface area contributed by atoms with Gasteiger partial charge in [-0.25, -0.2) is 0 Å². The van der Waals surface area contributed by atoms with Crippen molar-refractivity contribution < 1.29 is 9.00 Å². The number of carbonyl (C=O) groups is 1. The quantitative estimate of drug-likeness (QED) is 0.803. The van der Waals surface area contributed by atoms with Gasteiger partial charge in [0.15, 0.2) is 0 Å². The Hall–Kier alpha value is -1.20. The second-order valence-corrected chi connectivity index (χ2v) is 6.35. The van der Waals surface area contributed by atoms with Gasteiger partial charge in [-0.1, -0.05) is 25.5 Å². The van der Waals surface area contributed by atoms with Gasteiger partial charge in [-0.05, 0) is 31.0 Å². The van der Waals surface area contributed by atoms with Crippen molar-refractivity contribution in [1.82, 2.24) is 0 Å². The van der Waals surface area contributed by atoms with E-state index in [2.05, 4.69) is 5.32 Å². The van der Waals surface area contributed by atoms with Gasteiger partial charge in [-0.15, -0.1) is 0 Å². The summed E-state index contributed by atoms with van der Waals surface area (Å²) in [6.07, 6.45) is 1.87. The molecule has 0 spiro atoms. The monoisotopic (exact) mass is 282 g/mol. The predicted octanol–water partition coefficient (Wildman–Crippen LogP) is 2.02. The van der Waals surface area contributed by atoms with Crippen LogP contribution in [0.2, 0.25) is 0 Å². The van der Waals surface area contributed by atoms with E-state index in [9.17, 15) is 9.00 Å². The SMILES string of the molecule is CCCCS(=O)C(C)C(=O)Nc1cccc(CN)c1. The first-order valence-corrected chi connectivity index (χ1v) is 7.93. The van der Waals surface area contributed by atoms with Gasteiger partial charge in [0.25, 0.3) is 0 Å². The first-order valence-electron chi connectivity index (χ1n) is 6.55. The largest absolute Gasteiger partial charge is 0.326 e. The summed E-state index contributed by atoms with van der Waals surface area (Å²) < 4.78 is 11.9. The van der Waals surface area contributed by atoms with Crippen LogP contribution in [0.5, 0.6) is 0 Å². The molecule has 1 aromatic carbocycles. The number of nitrogens with one attached hydrogen (secondary N) is 1. The number of benzene rings is 1. The zero-order chi connectivity index (χ0) is 14.3. The number of anilines is 1. The van der Waals surface area contributed by atoms with Crippen LogP contribution in [0, 0.1) is 0 Å². The van der Waals surface area contributed by atoms with Crippen LogP contribution in [-0.4, -0.2) is 21.1 Å². The van der Waals surface area contributed by atoms with Gasteiger partial charge in [0, 0.05) is 28.8 Å². The predicted molar refractivity (Wildman–Crippen MR) is 80.3 cm³/mol. The molecule has 0 radical (unpaired) electrons. The standard InChI is InChI=1S/C14H22N2O2S/c1-3-4-8-19(18)11(2)14(17)16-13-7-5-6-12(9-13)10-15/h5-7,9,11H,3-4,8,10,15H2,1-2H3,(H,16,17). The van der Waals surface area contributed by atoms with Gasteiger partial charge in [-0.2, -0.15) is 0 Å². The van der Waals surface area contributed by atoms with Crippen LogP contribution in [0.1, 0.15) is 32.3 Å². The van der Waals surface area contributed by atoms with Gasteiger partial charge in [0.1, 0.15) is 5.25 Å². The van der Waals surface area contributed by atoms with E-state index in [1.165, 1.54) is 0 Å². The minimum absolute atomic E-state index is 0.205. The summed E-state index contributed by atoms with van der Waals surface area (Å²) in [5, 5.41) is 2.29. The molecule has 0 heterocycles. The lowest BCUT2D eigenvalue weighted by Crippen LogP contribution is -2.30. The maximum Gasteiger partial charge on any atom is 0.239 e. The molecule has 5 heteroatoms. The van der Waals surface area contributed by atoms with Crippen LogP contribution >= 0.6 is 0 Å². The third kappa shape index (κ3) is 5.12. The lowest BCUT2D eigenvalue weighted by atomic mass is 10.2. The molecule has 0 saturated carbocycles. The topological polar surface area (TPSA) is 72.2 Å². The molecule has 0 aliphatic heterocycles. The number of hydrogen-bond acceptors (Lipinski definition) is 3. The van der Waals surface area contributed by atoms with Crippen LogP contribution in [0.15, 0.2) is 24.3 Å². The number of rotatable bonds is 7. The van der Waals surface area contributed by atoms with E-state index in [0.717, 1.165) is 18.4 Å². The molecule has 0 fully saturated rings. The Bertz CT molecular complexity index is 449. The Kier molecular flexibility index (Phi) is 6.73. The molecule has 0 aromatic heterocycles. The Balaban J connectivity index is 2.60. The number of amides is 1. The van der Waals surface area contributed by atoms with Crippen LogP contribution < -0.4 is 11.1 Å². The fourth-order valence-electron chi connectivity index (χ4n) is 1.60. The summed E-state index contributed by atoms with van der Waals surface area (Å²) >= 11 is 0. The number of nitrogens with two attached hydrogens (primary N) is 1. The van der Waals surface area contributed by atoms with Crippen molar-refractivity contribution >= 4 is 22.4 Å². The zero-order valence-corrected chi connectivity index (χ0v) is 12.3. The number of hydrogen-bond donors (Lipinski definition) is 2. The second kappa shape index (κ2) is 8.07. The van der Waals surface area contributed by atoms with E-state index in [-0.39, 0.29) is 5.91 Å². The minimum Gasteiger partial charge on any atom is -0.326 e. The molecule has 0 saturated heterocycles. The molecule has 3 N–H and O–H groups in total. The van der Waals surface area contributed by atoms with Gasteiger partial charge < -0.3 is 11.1 Å². The van der Waals surface area contributed by atoms with E-state index in [1.807, 2.05) is 25.1 Å². The van der Waals surface area contributed by atoms with Crippen molar-refractivity contribution in [2.75, 3.05) is 11.1 Å². The normalized spacial score (nSPS) is 13.8. The summed E-state index contributed by atoms with van der Waals surface area (Å²) in [6.45, 7) is 4.18. The van der Waals surface area contributed by atoms with Crippen molar-refractivity contribution in [3.63, 3.8) is 0 Å². The molecular weight excluding hydrogens is 260 g/mol. The highest BCUT2D eigenvalue weighted by Gasteiger charge is 2.19. The van der Waals surface area contributed by atoms with E-state index in [0.29, 0.717) is 18.0 Å². The summed E-state index contributed by atoms with van der Waals surface area (Å²) in [6, 6.07) is 7.38. The fraction of sp³-hybridized carbons (Fsp3) is 0.500. The molecule has 0 aliphatic carbocycles. The Morgan fingerprint density at radius 2 is 2.21 bits per heavy atom. The smallest absolute Gasteiger partial charge is 0.239 e. The molecule has 4 nitrogen and oxygen atoms in total. The highest BCUT2D eigenvalue weighted by Crippen LogP contribution is 2.11. The van der Waals surface area contributed by atoms with Gasteiger partial charge in [0.2, 0.25) is 5.91 Å². The lowest BCUT2D eigenvalue weighted by Gasteiger charge is -2.12. The Morgan fingerprint density at radius 1 is 1.47 bits per heavy atom. The summed E-state index contributed by atoms with van der Waals surface area (Å²) in [5.41, 5.74) is 7.21. The van der Waals surface area contributed by atoms with Crippen molar-refractivity contribution in [2.45, 2.75) is 38.5 Å². The Labute approximate surface area is 117 Å². The first-order chi connectivity index (χ1) is 9.08. The van der Waals surface area contributed by atoms with Crippen molar-refractivity contribution in [2.24, 2.45) is 5.73 Å². The fourth-order valence-corrected chi connectivity index (χ4v) is 2.83. The number of carbonyl (C=O) groups excluding carboxylic acids is 1. The number of unbranched alkanes of at least 4 members (excludes halogenated alkanes) is 1.